The van der Waals surface area contributed by atoms with Gasteiger partial charge in [-0.05, 0) is 37.1 Å². The number of aliphatic hydroxyl groups excluding tert-OH is 1. The number of hydrogen-bond acceptors (Lipinski definition) is 6. The molecule has 7 heteroatoms. The summed E-state index contributed by atoms with van der Waals surface area (Å²) in [7, 11) is 0. The third kappa shape index (κ3) is 3.41. The van der Waals surface area contributed by atoms with E-state index >= 15 is 0 Å². The van der Waals surface area contributed by atoms with Crippen molar-refractivity contribution in [2.45, 2.75) is 31.7 Å². The Balaban J connectivity index is 1.62. The summed E-state index contributed by atoms with van der Waals surface area (Å²) < 4.78 is 0. The maximum Gasteiger partial charge on any atom is 0.148 e. The van der Waals surface area contributed by atoms with Crippen LogP contribution >= 0.6 is 0 Å². The molecule has 25 heavy (non-hydrogen) atoms. The fraction of sp³-hybridized carbons (Fsp3) is 0.389. The predicted octanol–water partition coefficient (Wildman–Crippen LogP) is 2.78. The first-order chi connectivity index (χ1) is 12.3. The lowest BCUT2D eigenvalue weighted by molar-refractivity contribution is 0.311. The highest BCUT2D eigenvalue weighted by Gasteiger charge is 2.15. The smallest absolute Gasteiger partial charge is 0.148 e. The van der Waals surface area contributed by atoms with Gasteiger partial charge in [0.05, 0.1) is 12.3 Å². The van der Waals surface area contributed by atoms with Crippen molar-refractivity contribution in [3.05, 3.63) is 30.5 Å². The van der Waals surface area contributed by atoms with Crippen molar-refractivity contribution in [3.63, 3.8) is 0 Å². The number of H-pyrrole nitrogens is 1. The van der Waals surface area contributed by atoms with Crippen molar-refractivity contribution in [2.75, 3.05) is 23.8 Å². The summed E-state index contributed by atoms with van der Waals surface area (Å²) >= 11 is 0. The van der Waals surface area contributed by atoms with E-state index in [1.165, 1.54) is 25.7 Å². The Morgan fingerprint density at radius 1 is 1.12 bits per heavy atom. The lowest BCUT2D eigenvalue weighted by Gasteiger charge is -2.12. The molecule has 1 fully saturated rings. The van der Waals surface area contributed by atoms with Gasteiger partial charge in [0, 0.05) is 29.7 Å². The van der Waals surface area contributed by atoms with Crippen molar-refractivity contribution in [3.8, 4) is 11.3 Å². The van der Waals surface area contributed by atoms with Gasteiger partial charge >= 0.3 is 0 Å². The Labute approximate surface area is 145 Å². The zero-order valence-electron chi connectivity index (χ0n) is 14.0. The Morgan fingerprint density at radius 2 is 2.00 bits per heavy atom. The second-order valence-corrected chi connectivity index (χ2v) is 6.37. The lowest BCUT2D eigenvalue weighted by atomic mass is 10.1. The van der Waals surface area contributed by atoms with Crippen molar-refractivity contribution >= 4 is 22.7 Å². The molecule has 1 saturated carbocycles. The normalized spacial score (nSPS) is 14.9. The van der Waals surface area contributed by atoms with Gasteiger partial charge in [-0.1, -0.05) is 12.8 Å². The minimum atomic E-state index is 0.0567. The fourth-order valence-electron chi connectivity index (χ4n) is 3.36. The van der Waals surface area contributed by atoms with Crippen molar-refractivity contribution in [1.82, 2.24) is 20.2 Å². The average molecular weight is 338 g/mol. The SMILES string of the molecule is OCCNc1cc(-c2ccc(NC3CCCC3)nn2)c2cc[nH]c2n1. The number of aromatic amines is 1. The highest BCUT2D eigenvalue weighted by molar-refractivity contribution is 5.93. The minimum absolute atomic E-state index is 0.0567. The maximum absolute atomic E-state index is 9.01. The van der Waals surface area contributed by atoms with Crippen LogP contribution in [0.4, 0.5) is 11.6 Å². The predicted molar refractivity (Wildman–Crippen MR) is 98.6 cm³/mol. The summed E-state index contributed by atoms with van der Waals surface area (Å²) in [6.45, 7) is 0.510. The molecular formula is C18H22N6O. The number of fused-ring (bicyclic) bond motifs is 1. The summed E-state index contributed by atoms with van der Waals surface area (Å²) in [5.74, 6) is 1.53. The van der Waals surface area contributed by atoms with Crippen LogP contribution in [0.2, 0.25) is 0 Å². The van der Waals surface area contributed by atoms with Crippen LogP contribution < -0.4 is 10.6 Å². The second-order valence-electron chi connectivity index (χ2n) is 6.37. The quantitative estimate of drug-likeness (QED) is 0.552. The summed E-state index contributed by atoms with van der Waals surface area (Å²) in [5, 5.41) is 25.3. The van der Waals surface area contributed by atoms with E-state index in [-0.39, 0.29) is 6.61 Å². The highest BCUT2D eigenvalue weighted by Crippen LogP contribution is 2.29. The van der Waals surface area contributed by atoms with Gasteiger partial charge in [0.15, 0.2) is 0 Å². The zero-order chi connectivity index (χ0) is 17.1. The van der Waals surface area contributed by atoms with E-state index in [0.717, 1.165) is 28.1 Å². The molecule has 0 atom stereocenters. The van der Waals surface area contributed by atoms with Crippen molar-refractivity contribution < 1.29 is 5.11 Å². The Hall–Kier alpha value is -2.67. The number of nitrogens with zero attached hydrogens (tertiary/aromatic N) is 3. The van der Waals surface area contributed by atoms with Gasteiger partial charge in [-0.25, -0.2) is 4.98 Å². The largest absolute Gasteiger partial charge is 0.395 e. The first-order valence-corrected chi connectivity index (χ1v) is 8.77. The number of anilines is 2. The summed E-state index contributed by atoms with van der Waals surface area (Å²) in [5.41, 5.74) is 2.55. The van der Waals surface area contributed by atoms with Gasteiger partial charge in [0.1, 0.15) is 17.3 Å². The molecule has 3 heterocycles. The molecule has 4 N–H and O–H groups in total. The van der Waals surface area contributed by atoms with Gasteiger partial charge in [-0.2, -0.15) is 0 Å². The molecule has 0 spiro atoms. The number of aromatic nitrogens is 4. The van der Waals surface area contributed by atoms with Crippen LogP contribution in [-0.4, -0.2) is 44.5 Å². The topological polar surface area (TPSA) is 98.7 Å². The van der Waals surface area contributed by atoms with Crippen LogP contribution in [0.1, 0.15) is 25.7 Å². The molecule has 3 aromatic rings. The van der Waals surface area contributed by atoms with Crippen LogP contribution in [0.15, 0.2) is 30.5 Å². The Morgan fingerprint density at radius 3 is 2.76 bits per heavy atom. The van der Waals surface area contributed by atoms with E-state index in [0.29, 0.717) is 18.4 Å². The molecule has 1 aliphatic rings. The van der Waals surface area contributed by atoms with Gasteiger partial charge in [-0.3, -0.25) is 0 Å². The van der Waals surface area contributed by atoms with Crippen molar-refractivity contribution in [2.24, 2.45) is 0 Å². The Kier molecular flexibility index (Phi) is 4.47. The fourth-order valence-corrected chi connectivity index (χ4v) is 3.36. The molecule has 0 radical (unpaired) electrons. The molecule has 0 unspecified atom stereocenters. The summed E-state index contributed by atoms with van der Waals surface area (Å²) in [4.78, 5) is 7.64. The van der Waals surface area contributed by atoms with Crippen LogP contribution in [0.5, 0.6) is 0 Å². The highest BCUT2D eigenvalue weighted by atomic mass is 16.3. The average Bonchev–Trinajstić information content (AvgIpc) is 3.31. The van der Waals surface area contributed by atoms with Crippen LogP contribution in [-0.2, 0) is 0 Å². The van der Waals surface area contributed by atoms with E-state index in [1.807, 2.05) is 30.5 Å². The van der Waals surface area contributed by atoms with E-state index in [4.69, 9.17) is 5.11 Å². The van der Waals surface area contributed by atoms with E-state index < -0.39 is 0 Å². The van der Waals surface area contributed by atoms with E-state index in [9.17, 15) is 0 Å². The molecule has 130 valence electrons. The molecule has 1 aliphatic carbocycles. The zero-order valence-corrected chi connectivity index (χ0v) is 14.0. The third-order valence-corrected chi connectivity index (χ3v) is 4.59. The molecular weight excluding hydrogens is 316 g/mol. The standard InChI is InChI=1S/C18H22N6O/c25-10-9-19-17-11-14(13-7-8-20-18(13)22-17)15-5-6-16(24-23-15)21-12-3-1-2-4-12/h5-8,11-12,25H,1-4,9-10H2,(H,21,24)(H2,19,20,22). The summed E-state index contributed by atoms with van der Waals surface area (Å²) in [6, 6.07) is 8.42. The summed E-state index contributed by atoms with van der Waals surface area (Å²) in [6.07, 6.45) is 6.85. The van der Waals surface area contributed by atoms with Crippen LogP contribution in [0.3, 0.4) is 0 Å². The van der Waals surface area contributed by atoms with Gasteiger partial charge in [0.25, 0.3) is 0 Å². The number of aliphatic hydroxyl groups is 1. The van der Waals surface area contributed by atoms with Crippen LogP contribution in [0, 0.1) is 0 Å². The molecule has 0 aliphatic heterocycles. The van der Waals surface area contributed by atoms with Gasteiger partial charge in [-0.15, -0.1) is 10.2 Å². The second kappa shape index (κ2) is 7.06. The molecule has 0 amide bonds. The molecule has 0 saturated heterocycles. The lowest BCUT2D eigenvalue weighted by Crippen LogP contribution is -2.15. The van der Waals surface area contributed by atoms with Crippen molar-refractivity contribution in [1.29, 1.82) is 0 Å². The van der Waals surface area contributed by atoms with Crippen LogP contribution in [0.25, 0.3) is 22.3 Å². The number of pyridine rings is 1. The number of rotatable bonds is 6. The molecule has 4 rings (SSSR count). The molecule has 0 bridgehead atoms. The molecule has 3 aromatic heterocycles. The monoisotopic (exact) mass is 338 g/mol. The van der Waals surface area contributed by atoms with E-state index in [2.05, 4.69) is 30.8 Å². The first-order valence-electron chi connectivity index (χ1n) is 8.77. The minimum Gasteiger partial charge on any atom is -0.395 e. The first kappa shape index (κ1) is 15.8. The third-order valence-electron chi connectivity index (χ3n) is 4.59. The van der Waals surface area contributed by atoms with Gasteiger partial charge in [0.2, 0.25) is 0 Å². The number of hydrogen-bond donors (Lipinski definition) is 4. The van der Waals surface area contributed by atoms with Gasteiger partial charge < -0.3 is 20.7 Å². The molecule has 0 aromatic carbocycles. The number of nitrogens with one attached hydrogen (secondary N) is 3. The maximum atomic E-state index is 9.01. The Bertz CT molecular complexity index is 838. The van der Waals surface area contributed by atoms with E-state index in [1.54, 1.807) is 0 Å². The molecule has 7 nitrogen and oxygen atoms in total.